The van der Waals surface area contributed by atoms with Crippen LogP contribution in [0.2, 0.25) is 0 Å². The molecule has 18 heavy (non-hydrogen) atoms. The average molecular weight is 242 g/mol. The summed E-state index contributed by atoms with van der Waals surface area (Å²) in [5.74, 6) is 0. The van der Waals surface area contributed by atoms with Crippen LogP contribution in [0.5, 0.6) is 0 Å². The first kappa shape index (κ1) is 10.8. The summed E-state index contributed by atoms with van der Waals surface area (Å²) in [5, 5.41) is 7.03. The molecule has 5 nitrogen and oxygen atoms in total. The molecule has 1 aromatic heterocycles. The summed E-state index contributed by atoms with van der Waals surface area (Å²) in [6, 6.07) is 7.97. The number of hydrogen-bond donors (Lipinski definition) is 1. The van der Waals surface area contributed by atoms with Crippen LogP contribution in [0, 0.1) is 0 Å². The van der Waals surface area contributed by atoms with Gasteiger partial charge in [-0.2, -0.15) is 5.10 Å². The fraction of sp³-hybridized carbons (Fsp3) is 0.231. The number of nitrogens with zero attached hydrogens (tertiary/aromatic N) is 3. The van der Waals surface area contributed by atoms with Gasteiger partial charge in [0.15, 0.2) is 0 Å². The first-order valence-corrected chi connectivity index (χ1v) is 5.78. The average Bonchev–Trinajstić information content (AvgIpc) is 2.76. The van der Waals surface area contributed by atoms with Crippen LogP contribution in [0.3, 0.4) is 0 Å². The second kappa shape index (κ2) is 3.87. The fourth-order valence-electron chi connectivity index (χ4n) is 2.20. The van der Waals surface area contributed by atoms with Crippen LogP contribution < -0.4 is 5.32 Å². The van der Waals surface area contributed by atoms with Crippen LogP contribution >= 0.6 is 0 Å². The van der Waals surface area contributed by atoms with E-state index in [-0.39, 0.29) is 6.03 Å². The Bertz CT molecular complexity index is 617. The van der Waals surface area contributed by atoms with Gasteiger partial charge >= 0.3 is 6.03 Å². The Balaban J connectivity index is 2.04. The van der Waals surface area contributed by atoms with Crippen molar-refractivity contribution in [3.05, 3.63) is 36.0 Å². The maximum absolute atomic E-state index is 11.5. The third kappa shape index (κ3) is 1.64. The van der Waals surface area contributed by atoms with Crippen LogP contribution in [-0.2, 0) is 13.6 Å². The van der Waals surface area contributed by atoms with Crippen molar-refractivity contribution >= 4 is 11.7 Å². The van der Waals surface area contributed by atoms with Crippen molar-refractivity contribution in [3.63, 3.8) is 0 Å². The quantitative estimate of drug-likeness (QED) is 0.832. The Morgan fingerprint density at radius 1 is 1.28 bits per heavy atom. The van der Waals surface area contributed by atoms with Gasteiger partial charge in [0.25, 0.3) is 0 Å². The van der Waals surface area contributed by atoms with Gasteiger partial charge in [-0.1, -0.05) is 6.07 Å². The van der Waals surface area contributed by atoms with E-state index in [0.29, 0.717) is 6.54 Å². The lowest BCUT2D eigenvalue weighted by Gasteiger charge is -2.26. The van der Waals surface area contributed by atoms with E-state index in [1.54, 1.807) is 18.1 Å². The molecule has 1 aliphatic rings. The number of urea groups is 1. The fourth-order valence-corrected chi connectivity index (χ4v) is 2.20. The van der Waals surface area contributed by atoms with E-state index in [2.05, 4.69) is 16.5 Å². The Hall–Kier alpha value is -2.30. The van der Waals surface area contributed by atoms with Crippen molar-refractivity contribution in [2.24, 2.45) is 7.05 Å². The lowest BCUT2D eigenvalue weighted by atomic mass is 10.0. The smallest absolute Gasteiger partial charge is 0.321 e. The van der Waals surface area contributed by atoms with Crippen LogP contribution in [-0.4, -0.2) is 27.8 Å². The predicted octanol–water partition coefficient (Wildman–Crippen LogP) is 2.06. The highest BCUT2D eigenvalue weighted by Gasteiger charge is 2.19. The van der Waals surface area contributed by atoms with E-state index < -0.39 is 0 Å². The highest BCUT2D eigenvalue weighted by Crippen LogP contribution is 2.28. The third-order valence-corrected chi connectivity index (χ3v) is 3.22. The summed E-state index contributed by atoms with van der Waals surface area (Å²) in [4.78, 5) is 13.2. The van der Waals surface area contributed by atoms with Crippen LogP contribution in [0.4, 0.5) is 10.5 Å². The molecule has 3 rings (SSSR count). The Morgan fingerprint density at radius 3 is 2.83 bits per heavy atom. The maximum atomic E-state index is 11.5. The number of rotatable bonds is 1. The van der Waals surface area contributed by atoms with Gasteiger partial charge in [0.05, 0.1) is 5.69 Å². The molecule has 0 saturated heterocycles. The molecule has 0 radical (unpaired) electrons. The van der Waals surface area contributed by atoms with Crippen molar-refractivity contribution in [1.29, 1.82) is 0 Å². The number of fused-ring (bicyclic) bond motifs is 1. The molecule has 5 heteroatoms. The molecule has 92 valence electrons. The van der Waals surface area contributed by atoms with E-state index >= 15 is 0 Å². The second-order valence-corrected chi connectivity index (χ2v) is 4.50. The highest BCUT2D eigenvalue weighted by atomic mass is 16.2. The van der Waals surface area contributed by atoms with E-state index in [1.807, 2.05) is 29.9 Å². The summed E-state index contributed by atoms with van der Waals surface area (Å²) in [7, 11) is 3.71. The number of benzene rings is 1. The molecular weight excluding hydrogens is 228 g/mol. The second-order valence-electron chi connectivity index (χ2n) is 4.50. The van der Waals surface area contributed by atoms with Gasteiger partial charge in [0.1, 0.15) is 0 Å². The zero-order chi connectivity index (χ0) is 12.7. The zero-order valence-electron chi connectivity index (χ0n) is 10.3. The van der Waals surface area contributed by atoms with Crippen molar-refractivity contribution in [2.45, 2.75) is 6.54 Å². The van der Waals surface area contributed by atoms with Crippen LogP contribution in [0.1, 0.15) is 5.56 Å². The van der Waals surface area contributed by atoms with E-state index in [9.17, 15) is 4.79 Å². The summed E-state index contributed by atoms with van der Waals surface area (Å²) in [5.41, 5.74) is 4.19. The summed E-state index contributed by atoms with van der Waals surface area (Å²) < 4.78 is 1.84. The molecule has 0 aliphatic carbocycles. The Labute approximate surface area is 105 Å². The van der Waals surface area contributed by atoms with Gasteiger partial charge in [0, 0.05) is 38.1 Å². The van der Waals surface area contributed by atoms with E-state index in [4.69, 9.17) is 0 Å². The number of carbonyl (C=O) groups is 1. The molecule has 0 spiro atoms. The molecular formula is C13H14N4O. The van der Waals surface area contributed by atoms with Crippen molar-refractivity contribution in [2.75, 3.05) is 12.4 Å². The third-order valence-electron chi connectivity index (χ3n) is 3.22. The maximum Gasteiger partial charge on any atom is 0.321 e. The largest absolute Gasteiger partial charge is 0.323 e. The molecule has 2 heterocycles. The van der Waals surface area contributed by atoms with Gasteiger partial charge in [-0.15, -0.1) is 0 Å². The van der Waals surface area contributed by atoms with Gasteiger partial charge in [0.2, 0.25) is 0 Å². The lowest BCUT2D eigenvalue weighted by Crippen LogP contribution is -2.35. The zero-order valence-corrected chi connectivity index (χ0v) is 10.3. The van der Waals surface area contributed by atoms with Gasteiger partial charge in [-0.25, -0.2) is 4.79 Å². The number of carbonyl (C=O) groups excluding carboxylic acids is 1. The summed E-state index contributed by atoms with van der Waals surface area (Å²) in [6.07, 6.45) is 1.78. The molecule has 1 aliphatic heterocycles. The minimum absolute atomic E-state index is 0.0595. The van der Waals surface area contributed by atoms with Crippen molar-refractivity contribution < 1.29 is 4.79 Å². The molecule has 1 aromatic carbocycles. The minimum Gasteiger partial charge on any atom is -0.323 e. The Kier molecular flexibility index (Phi) is 2.33. The monoisotopic (exact) mass is 242 g/mol. The van der Waals surface area contributed by atoms with Crippen LogP contribution in [0.15, 0.2) is 30.5 Å². The number of aryl methyl sites for hydroxylation is 1. The number of anilines is 1. The lowest BCUT2D eigenvalue weighted by molar-refractivity contribution is 0.218. The summed E-state index contributed by atoms with van der Waals surface area (Å²) in [6.45, 7) is 0.632. The summed E-state index contributed by atoms with van der Waals surface area (Å²) >= 11 is 0. The van der Waals surface area contributed by atoms with Crippen molar-refractivity contribution in [3.8, 4) is 11.3 Å². The standard InChI is InChI=1S/C13H14N4O/c1-16-8-10-7-9(12-5-6-14-17(12)2)3-4-11(10)15-13(16)18/h3-7H,8H2,1-2H3,(H,15,18). The molecule has 2 aromatic rings. The number of hydrogen-bond acceptors (Lipinski definition) is 2. The minimum atomic E-state index is -0.0595. The SMILES string of the molecule is CN1Cc2cc(-c3ccnn3C)ccc2NC1=O. The van der Waals surface area contributed by atoms with Gasteiger partial charge < -0.3 is 10.2 Å². The molecule has 0 unspecified atom stereocenters. The number of aromatic nitrogens is 2. The molecule has 1 N–H and O–H groups in total. The molecule has 0 atom stereocenters. The first-order valence-electron chi connectivity index (χ1n) is 5.78. The topological polar surface area (TPSA) is 50.2 Å². The Morgan fingerprint density at radius 2 is 2.11 bits per heavy atom. The van der Waals surface area contributed by atoms with Gasteiger partial charge in [-0.3, -0.25) is 4.68 Å². The first-order chi connectivity index (χ1) is 8.65. The molecule has 2 amide bonds. The normalized spacial score (nSPS) is 14.3. The van der Waals surface area contributed by atoms with Crippen molar-refractivity contribution in [1.82, 2.24) is 14.7 Å². The number of nitrogens with one attached hydrogen (secondary N) is 1. The predicted molar refractivity (Wildman–Crippen MR) is 69.1 cm³/mol. The van der Waals surface area contributed by atoms with Crippen LogP contribution in [0.25, 0.3) is 11.3 Å². The van der Waals surface area contributed by atoms with Gasteiger partial charge in [-0.05, 0) is 23.8 Å². The molecule has 0 bridgehead atoms. The van der Waals surface area contributed by atoms with E-state index in [0.717, 1.165) is 22.5 Å². The number of amides is 2. The molecule has 0 fully saturated rings. The van der Waals surface area contributed by atoms with E-state index in [1.165, 1.54) is 0 Å². The highest BCUT2D eigenvalue weighted by molar-refractivity contribution is 5.92. The molecule has 0 saturated carbocycles.